The number of aliphatic hydroxyl groups excluding tert-OH is 1. The Labute approximate surface area is 228 Å². The number of carbonyl (C=O) groups is 3. The molecule has 0 saturated heterocycles. The molecule has 2 N–H and O–H groups in total. The number of hydrogen-bond donors (Lipinski definition) is 2. The van der Waals surface area contributed by atoms with E-state index >= 15 is 0 Å². The van der Waals surface area contributed by atoms with Crippen molar-refractivity contribution in [1.29, 1.82) is 0 Å². The second kappa shape index (κ2) is 8.65. The minimum Gasteiger partial charge on any atom is -0.481 e. The number of ether oxygens (including phenoxy) is 1. The van der Waals surface area contributed by atoms with E-state index < -0.39 is 29.0 Å². The fourth-order valence-electron chi connectivity index (χ4n) is 11.4. The Kier molecular flexibility index (Phi) is 6.34. The molecule has 0 aromatic carbocycles. The lowest BCUT2D eigenvalue weighted by Crippen LogP contribution is -2.65. The van der Waals surface area contributed by atoms with Gasteiger partial charge in [-0.2, -0.15) is 0 Å². The molecule has 5 aliphatic carbocycles. The number of allylic oxidation sites excluding steroid dienone is 2. The number of Topliss-reactive ketones (excluding diaryl/α,β-unsaturated/α-hetero) is 1. The number of hydrogen-bond acceptors (Lipinski definition) is 5. The molecular weight excluding hydrogens is 480 g/mol. The molecule has 0 aromatic heterocycles. The predicted octanol–water partition coefficient (Wildman–Crippen LogP) is 5.95. The summed E-state index contributed by atoms with van der Waals surface area (Å²) in [5.41, 5.74) is -1.09. The van der Waals surface area contributed by atoms with Crippen molar-refractivity contribution < 1.29 is 29.3 Å². The first-order valence-electron chi connectivity index (χ1n) is 14.9. The fourth-order valence-corrected chi connectivity index (χ4v) is 11.4. The van der Waals surface area contributed by atoms with Crippen LogP contribution in [0, 0.1) is 50.7 Å². The van der Waals surface area contributed by atoms with Crippen LogP contribution in [0.5, 0.6) is 0 Å². The van der Waals surface area contributed by atoms with E-state index in [4.69, 9.17) is 4.74 Å². The molecule has 0 amide bonds. The summed E-state index contributed by atoms with van der Waals surface area (Å²) in [6.45, 7) is 14.5. The molecular formula is C32H48O6. The maximum absolute atomic E-state index is 13.0. The second-order valence-corrected chi connectivity index (χ2v) is 14.8. The van der Waals surface area contributed by atoms with Crippen molar-refractivity contribution in [2.45, 2.75) is 118 Å². The van der Waals surface area contributed by atoms with Gasteiger partial charge in [-0.25, -0.2) is 0 Å². The predicted molar refractivity (Wildman–Crippen MR) is 144 cm³/mol. The highest BCUT2D eigenvalue weighted by Crippen LogP contribution is 2.85. The van der Waals surface area contributed by atoms with E-state index in [1.807, 2.05) is 13.8 Å². The van der Waals surface area contributed by atoms with Gasteiger partial charge in [0.05, 0.1) is 11.5 Å². The van der Waals surface area contributed by atoms with Gasteiger partial charge >= 0.3 is 11.9 Å². The van der Waals surface area contributed by atoms with Crippen LogP contribution in [0.2, 0.25) is 0 Å². The molecule has 0 bridgehead atoms. The summed E-state index contributed by atoms with van der Waals surface area (Å²) >= 11 is 0. The quantitative estimate of drug-likeness (QED) is 0.338. The van der Waals surface area contributed by atoms with Crippen LogP contribution in [0.3, 0.4) is 0 Å². The molecule has 212 valence electrons. The molecule has 6 nitrogen and oxygen atoms in total. The number of aliphatic hydroxyl groups is 1. The third-order valence-electron chi connectivity index (χ3n) is 13.2. The van der Waals surface area contributed by atoms with E-state index in [2.05, 4.69) is 33.8 Å². The van der Waals surface area contributed by atoms with Gasteiger partial charge in [0.25, 0.3) is 0 Å². The smallest absolute Gasteiger partial charge is 0.310 e. The standard InChI is InChI=1S/C32H48O6/c1-18(2)9-8-12-31(27(36)37)17-32(31)24-15-23(35)26-28(5)13-11-22(34)19(3)21(28)10-14-29(26,6)30(24,7)16-25(32)38-20(4)33/h9,19,21,23-26,35H,8,10-17H2,1-7H3,(H,36,37)/t19-,21-,23?,24+,25-,26?,28-,29-,30-,31+,32+/m0/s1. The number of esters is 1. The Morgan fingerprint density at radius 1 is 1.11 bits per heavy atom. The van der Waals surface area contributed by atoms with Crippen LogP contribution >= 0.6 is 0 Å². The zero-order valence-corrected chi connectivity index (χ0v) is 24.4. The van der Waals surface area contributed by atoms with Gasteiger partial charge in [0.15, 0.2) is 0 Å². The number of fused-ring (bicyclic) bond motifs is 6. The number of carbonyl (C=O) groups excluding carboxylic acids is 2. The number of aliphatic carboxylic acids is 1. The molecule has 5 saturated carbocycles. The SMILES string of the molecule is CC(=O)O[C@H]1C[C@@]2(C)[C@@H](CC(O)C3[C@]2(C)CC[C@H]2[C@H](C)C(=O)CC[C@]32C)[C@]12C[C@]2(CCC=C(C)C)C(=O)O. The minimum absolute atomic E-state index is 0.0120. The Balaban J connectivity index is 1.59. The highest BCUT2D eigenvalue weighted by atomic mass is 16.5. The van der Waals surface area contributed by atoms with Gasteiger partial charge < -0.3 is 14.9 Å². The summed E-state index contributed by atoms with van der Waals surface area (Å²) in [4.78, 5) is 38.1. The number of ketones is 1. The fraction of sp³-hybridized carbons (Fsp3) is 0.844. The van der Waals surface area contributed by atoms with Crippen LogP contribution in [-0.4, -0.2) is 40.1 Å². The van der Waals surface area contributed by atoms with Gasteiger partial charge in [0.1, 0.15) is 11.9 Å². The highest BCUT2D eigenvalue weighted by Gasteiger charge is 2.86. The van der Waals surface area contributed by atoms with Crippen LogP contribution in [0.4, 0.5) is 0 Å². The van der Waals surface area contributed by atoms with Crippen molar-refractivity contribution in [1.82, 2.24) is 0 Å². The van der Waals surface area contributed by atoms with Crippen LogP contribution < -0.4 is 0 Å². The Morgan fingerprint density at radius 2 is 1.79 bits per heavy atom. The molecule has 5 fully saturated rings. The van der Waals surface area contributed by atoms with E-state index in [0.29, 0.717) is 44.3 Å². The maximum Gasteiger partial charge on any atom is 0.310 e. The zero-order chi connectivity index (χ0) is 28.1. The van der Waals surface area contributed by atoms with Crippen LogP contribution in [0.1, 0.15) is 106 Å². The summed E-state index contributed by atoms with van der Waals surface area (Å²) in [5.74, 6) is -0.538. The monoisotopic (exact) mass is 528 g/mol. The first-order valence-corrected chi connectivity index (χ1v) is 14.9. The highest BCUT2D eigenvalue weighted by molar-refractivity contribution is 5.82. The lowest BCUT2D eigenvalue weighted by Gasteiger charge is -2.68. The first-order chi connectivity index (χ1) is 17.6. The van der Waals surface area contributed by atoms with Crippen molar-refractivity contribution in [2.24, 2.45) is 50.7 Å². The lowest BCUT2D eigenvalue weighted by molar-refractivity contribution is -0.231. The van der Waals surface area contributed by atoms with E-state index in [9.17, 15) is 24.6 Å². The first kappa shape index (κ1) is 27.9. The second-order valence-electron chi connectivity index (χ2n) is 14.8. The average Bonchev–Trinajstić information content (AvgIpc) is 3.42. The van der Waals surface area contributed by atoms with E-state index in [1.165, 1.54) is 12.5 Å². The average molecular weight is 529 g/mol. The van der Waals surface area contributed by atoms with Crippen molar-refractivity contribution >= 4 is 17.7 Å². The Hall–Kier alpha value is -1.69. The summed E-state index contributed by atoms with van der Waals surface area (Å²) in [5, 5.41) is 22.7. The van der Waals surface area contributed by atoms with Crippen molar-refractivity contribution in [3.63, 3.8) is 0 Å². The van der Waals surface area contributed by atoms with Gasteiger partial charge in [0, 0.05) is 24.7 Å². The van der Waals surface area contributed by atoms with E-state index in [-0.39, 0.29) is 45.9 Å². The number of rotatable bonds is 5. The minimum atomic E-state index is -0.947. The molecule has 11 atom stereocenters. The molecule has 5 rings (SSSR count). The van der Waals surface area contributed by atoms with Crippen molar-refractivity contribution in [2.75, 3.05) is 0 Å². The maximum atomic E-state index is 13.0. The third-order valence-corrected chi connectivity index (χ3v) is 13.2. The van der Waals surface area contributed by atoms with E-state index in [1.54, 1.807) is 0 Å². The van der Waals surface area contributed by atoms with Gasteiger partial charge in [0.2, 0.25) is 0 Å². The van der Waals surface area contributed by atoms with Crippen LogP contribution in [-0.2, 0) is 19.1 Å². The van der Waals surface area contributed by atoms with Crippen LogP contribution in [0.15, 0.2) is 11.6 Å². The zero-order valence-electron chi connectivity index (χ0n) is 24.4. The summed E-state index contributed by atoms with van der Waals surface area (Å²) in [6.07, 6.45) is 7.19. The van der Waals surface area contributed by atoms with E-state index in [0.717, 1.165) is 19.3 Å². The van der Waals surface area contributed by atoms with Crippen molar-refractivity contribution in [3.8, 4) is 0 Å². The molecule has 1 spiro atoms. The molecule has 0 radical (unpaired) electrons. The topological polar surface area (TPSA) is 101 Å². The Morgan fingerprint density at radius 3 is 2.39 bits per heavy atom. The third kappa shape index (κ3) is 3.37. The molecule has 0 heterocycles. The Bertz CT molecular complexity index is 1080. The molecule has 6 heteroatoms. The molecule has 38 heavy (non-hydrogen) atoms. The van der Waals surface area contributed by atoms with Crippen molar-refractivity contribution in [3.05, 3.63) is 11.6 Å². The molecule has 5 aliphatic rings. The van der Waals surface area contributed by atoms with Gasteiger partial charge in [-0.3, -0.25) is 14.4 Å². The summed E-state index contributed by atoms with van der Waals surface area (Å²) < 4.78 is 6.06. The lowest BCUT2D eigenvalue weighted by atomic mass is 9.36. The van der Waals surface area contributed by atoms with Gasteiger partial charge in [-0.05, 0) is 99.2 Å². The van der Waals surface area contributed by atoms with Gasteiger partial charge in [-0.15, -0.1) is 0 Å². The number of carboxylic acid groups (broad SMARTS) is 1. The molecule has 0 aliphatic heterocycles. The number of carboxylic acids is 1. The largest absolute Gasteiger partial charge is 0.481 e. The van der Waals surface area contributed by atoms with Crippen LogP contribution in [0.25, 0.3) is 0 Å². The summed E-state index contributed by atoms with van der Waals surface area (Å²) in [7, 11) is 0. The normalized spacial score (nSPS) is 51.0. The molecule has 0 aromatic rings. The van der Waals surface area contributed by atoms with Gasteiger partial charge in [-0.1, -0.05) is 39.3 Å². The molecule has 2 unspecified atom stereocenters. The summed E-state index contributed by atoms with van der Waals surface area (Å²) in [6, 6.07) is 0.